The van der Waals surface area contributed by atoms with E-state index in [1.54, 1.807) is 30.2 Å². The van der Waals surface area contributed by atoms with Crippen molar-refractivity contribution in [2.45, 2.75) is 28.3 Å². The van der Waals surface area contributed by atoms with Crippen LogP contribution in [0.1, 0.15) is 12.8 Å². The Bertz CT molecular complexity index is 1130. The molecule has 31 heavy (non-hydrogen) atoms. The lowest BCUT2D eigenvalue weighted by Gasteiger charge is -2.45. The van der Waals surface area contributed by atoms with Crippen LogP contribution in [0.2, 0.25) is 5.02 Å². The van der Waals surface area contributed by atoms with Crippen molar-refractivity contribution in [3.05, 3.63) is 29.3 Å². The second kappa shape index (κ2) is 7.65. The molecule has 1 atom stereocenters. The van der Waals surface area contributed by atoms with E-state index in [4.69, 9.17) is 16.3 Å². The number of rotatable bonds is 4. The van der Waals surface area contributed by atoms with Crippen LogP contribution in [0.25, 0.3) is 10.1 Å². The molecule has 5 rings (SSSR count). The van der Waals surface area contributed by atoms with Crippen molar-refractivity contribution < 1.29 is 17.9 Å². The second-order valence-corrected chi connectivity index (χ2v) is 12.3. The fourth-order valence-corrected chi connectivity index (χ4v) is 8.35. The molecule has 1 unspecified atom stereocenters. The monoisotopic (exact) mass is 484 g/mol. The number of sulfonamides is 1. The maximum atomic E-state index is 13.5. The normalized spacial score (nSPS) is 26.6. The van der Waals surface area contributed by atoms with E-state index in [0.29, 0.717) is 11.6 Å². The molecule has 0 radical (unpaired) electrons. The van der Waals surface area contributed by atoms with Gasteiger partial charge in [-0.05, 0) is 49.5 Å². The van der Waals surface area contributed by atoms with Crippen molar-refractivity contribution in [1.29, 1.82) is 0 Å². The first-order chi connectivity index (χ1) is 14.8. The van der Waals surface area contributed by atoms with Gasteiger partial charge in [-0.25, -0.2) is 8.42 Å². The molecule has 2 N–H and O–H groups in total. The van der Waals surface area contributed by atoms with Gasteiger partial charge in [0.15, 0.2) is 0 Å². The number of thiophene rings is 1. The number of fused-ring (bicyclic) bond motifs is 2. The molecule has 3 aliphatic rings. The third kappa shape index (κ3) is 3.58. The zero-order valence-electron chi connectivity index (χ0n) is 17.2. The van der Waals surface area contributed by atoms with E-state index in [0.717, 1.165) is 36.0 Å². The van der Waals surface area contributed by atoms with Crippen LogP contribution in [0.3, 0.4) is 0 Å². The van der Waals surface area contributed by atoms with Crippen LogP contribution in [0, 0.1) is 0 Å². The highest BCUT2D eigenvalue weighted by atomic mass is 35.5. The van der Waals surface area contributed by atoms with Crippen LogP contribution < -0.4 is 10.6 Å². The van der Waals surface area contributed by atoms with Crippen molar-refractivity contribution in [3.63, 3.8) is 0 Å². The molecule has 0 saturated carbocycles. The maximum Gasteiger partial charge on any atom is 0.253 e. The lowest BCUT2D eigenvalue weighted by atomic mass is 9.89. The minimum atomic E-state index is -3.85. The number of methoxy groups -OCH3 is 1. The lowest BCUT2D eigenvalue weighted by Crippen LogP contribution is -2.70. The first-order valence-electron chi connectivity index (χ1n) is 10.3. The number of hydrogen-bond donors (Lipinski definition) is 2. The number of nitrogens with zero attached hydrogens (tertiary/aromatic N) is 2. The molecule has 168 valence electrons. The second-order valence-electron chi connectivity index (χ2n) is 8.62. The maximum absolute atomic E-state index is 13.5. The zero-order valence-corrected chi connectivity index (χ0v) is 19.6. The van der Waals surface area contributed by atoms with E-state index in [9.17, 15) is 13.2 Å². The Morgan fingerprint density at radius 3 is 2.74 bits per heavy atom. The predicted octanol–water partition coefficient (Wildman–Crippen LogP) is 1.46. The summed E-state index contributed by atoms with van der Waals surface area (Å²) in [4.78, 5) is 15.0. The number of ether oxygens (including phenoxy) is 1. The van der Waals surface area contributed by atoms with Crippen LogP contribution >= 0.6 is 22.9 Å². The molecule has 1 aromatic carbocycles. The first-order valence-corrected chi connectivity index (χ1v) is 12.9. The van der Waals surface area contributed by atoms with Gasteiger partial charge in [0.25, 0.3) is 10.0 Å². The molecule has 0 bridgehead atoms. The standard InChI is InChI=1S/C20H25ClN4O4S2/c1-29-13-20-12-24(10-17(26)25(20)11-19(23-20)4-6-22-7-5-19)31(27,28)18-8-14-2-3-15(21)9-16(14)30-18/h2-3,8-9,22-23H,4-7,10-13H2,1H3. The summed E-state index contributed by atoms with van der Waals surface area (Å²) in [6.45, 7) is 2.51. The van der Waals surface area contributed by atoms with Gasteiger partial charge >= 0.3 is 0 Å². The summed E-state index contributed by atoms with van der Waals surface area (Å²) in [6.07, 6.45) is 1.76. The molecule has 1 spiro atoms. The molecule has 11 heteroatoms. The molecule has 3 fully saturated rings. The molecule has 3 aliphatic heterocycles. The predicted molar refractivity (Wildman–Crippen MR) is 120 cm³/mol. The zero-order chi connectivity index (χ0) is 21.9. The molecule has 8 nitrogen and oxygen atoms in total. The third-order valence-electron chi connectivity index (χ3n) is 6.52. The van der Waals surface area contributed by atoms with Gasteiger partial charge in [0.2, 0.25) is 5.91 Å². The van der Waals surface area contributed by atoms with E-state index in [1.807, 2.05) is 6.07 Å². The highest BCUT2D eigenvalue weighted by Gasteiger charge is 2.58. The van der Waals surface area contributed by atoms with Crippen molar-refractivity contribution >= 4 is 49.0 Å². The largest absolute Gasteiger partial charge is 0.381 e. The fraction of sp³-hybridized carbons (Fsp3) is 0.550. The number of carbonyl (C=O) groups excluding carboxylic acids is 1. The molecular formula is C20H25ClN4O4S2. The van der Waals surface area contributed by atoms with Gasteiger partial charge in [0.05, 0.1) is 19.7 Å². The highest BCUT2D eigenvalue weighted by Crippen LogP contribution is 2.39. The minimum absolute atomic E-state index is 0.152. The SMILES string of the molecule is COCC12CN(S(=O)(=O)c3cc4ccc(Cl)cc4s3)CC(=O)N1CC1(CCNCC1)N2. The van der Waals surface area contributed by atoms with Crippen molar-refractivity contribution in [3.8, 4) is 0 Å². The summed E-state index contributed by atoms with van der Waals surface area (Å²) in [6, 6.07) is 6.96. The summed E-state index contributed by atoms with van der Waals surface area (Å²) in [7, 11) is -2.27. The van der Waals surface area contributed by atoms with Gasteiger partial charge in [-0.1, -0.05) is 17.7 Å². The van der Waals surface area contributed by atoms with E-state index in [-0.39, 0.29) is 35.4 Å². The van der Waals surface area contributed by atoms with Crippen molar-refractivity contribution in [2.24, 2.45) is 0 Å². The molecule has 1 aromatic heterocycles. The van der Waals surface area contributed by atoms with Crippen LogP contribution in [0.4, 0.5) is 0 Å². The Balaban J connectivity index is 1.50. The third-order valence-corrected chi connectivity index (χ3v) is 10.1. The summed E-state index contributed by atoms with van der Waals surface area (Å²) in [5, 5.41) is 8.39. The van der Waals surface area contributed by atoms with E-state index in [2.05, 4.69) is 10.6 Å². The van der Waals surface area contributed by atoms with Crippen molar-refractivity contribution in [1.82, 2.24) is 19.8 Å². The van der Waals surface area contributed by atoms with E-state index < -0.39 is 15.7 Å². The number of piperazine rings is 1. The van der Waals surface area contributed by atoms with Gasteiger partial charge in [-0.2, -0.15) is 4.31 Å². The number of halogens is 1. The number of nitrogens with one attached hydrogen (secondary N) is 2. The number of amides is 1. The summed E-state index contributed by atoms with van der Waals surface area (Å²) < 4.78 is 34.9. The number of hydrogen-bond acceptors (Lipinski definition) is 7. The Morgan fingerprint density at radius 2 is 2.00 bits per heavy atom. The Kier molecular flexibility index (Phi) is 5.32. The summed E-state index contributed by atoms with van der Waals surface area (Å²) >= 11 is 7.24. The van der Waals surface area contributed by atoms with Gasteiger partial charge in [-0.15, -0.1) is 11.3 Å². The average Bonchev–Trinajstić information content (AvgIpc) is 3.28. The van der Waals surface area contributed by atoms with Crippen LogP contribution in [-0.2, 0) is 19.6 Å². The summed E-state index contributed by atoms with van der Waals surface area (Å²) in [5.41, 5.74) is -1.08. The van der Waals surface area contributed by atoms with Gasteiger partial charge < -0.3 is 15.0 Å². The summed E-state index contributed by atoms with van der Waals surface area (Å²) in [5.74, 6) is -0.195. The van der Waals surface area contributed by atoms with Crippen LogP contribution in [0.15, 0.2) is 28.5 Å². The lowest BCUT2D eigenvalue weighted by molar-refractivity contribution is -0.144. The van der Waals surface area contributed by atoms with Gasteiger partial charge in [0, 0.05) is 28.9 Å². The van der Waals surface area contributed by atoms with Crippen molar-refractivity contribution in [2.75, 3.05) is 46.4 Å². The molecule has 2 aromatic rings. The Labute approximate surface area is 190 Å². The number of benzene rings is 1. The quantitative estimate of drug-likeness (QED) is 0.682. The number of carbonyl (C=O) groups is 1. The average molecular weight is 485 g/mol. The van der Waals surface area contributed by atoms with E-state index >= 15 is 0 Å². The molecule has 4 heterocycles. The number of piperidine rings is 1. The highest BCUT2D eigenvalue weighted by molar-refractivity contribution is 7.91. The topological polar surface area (TPSA) is 91.0 Å². The van der Waals surface area contributed by atoms with Gasteiger partial charge in [-0.3, -0.25) is 10.1 Å². The minimum Gasteiger partial charge on any atom is -0.381 e. The Morgan fingerprint density at radius 1 is 1.23 bits per heavy atom. The first kappa shape index (κ1) is 21.6. The van der Waals surface area contributed by atoms with Crippen LogP contribution in [-0.4, -0.2) is 81.2 Å². The molecule has 3 saturated heterocycles. The smallest absolute Gasteiger partial charge is 0.253 e. The van der Waals surface area contributed by atoms with Gasteiger partial charge in [0.1, 0.15) is 9.87 Å². The van der Waals surface area contributed by atoms with E-state index in [1.165, 1.54) is 15.6 Å². The molecular weight excluding hydrogens is 460 g/mol. The van der Waals surface area contributed by atoms with Crippen LogP contribution in [0.5, 0.6) is 0 Å². The molecule has 0 aliphatic carbocycles. The molecule has 1 amide bonds. The Hall–Kier alpha value is -1.27. The fourth-order valence-electron chi connectivity index (χ4n) is 5.08.